The van der Waals surface area contributed by atoms with E-state index in [1.165, 1.54) is 12.4 Å². The number of nitrogens with one attached hydrogen (secondary N) is 2. The van der Waals surface area contributed by atoms with E-state index in [4.69, 9.17) is 5.11 Å². The van der Waals surface area contributed by atoms with Gasteiger partial charge in [-0.3, -0.25) is 4.79 Å². The number of rotatable bonds is 8. The Hall–Kier alpha value is -3.80. The zero-order chi connectivity index (χ0) is 23.3. The van der Waals surface area contributed by atoms with Crippen LogP contribution in [0.15, 0.2) is 42.9 Å². The molecule has 0 fully saturated rings. The van der Waals surface area contributed by atoms with Crippen molar-refractivity contribution in [3.8, 4) is 11.1 Å². The number of aliphatic hydroxyl groups is 1. The first kappa shape index (κ1) is 22.9. The maximum atomic E-state index is 12.9. The lowest BCUT2D eigenvalue weighted by molar-refractivity contribution is -0.141. The number of aliphatic hydroxyl groups excluding tert-OH is 1. The smallest absolute Gasteiger partial charge is 0.433 e. The van der Waals surface area contributed by atoms with Crippen LogP contribution in [-0.4, -0.2) is 48.8 Å². The molecule has 0 aliphatic rings. The summed E-state index contributed by atoms with van der Waals surface area (Å²) in [6.07, 6.45) is -1.97. The number of aromatic nitrogens is 4. The van der Waals surface area contributed by atoms with Gasteiger partial charge in [0.25, 0.3) is 0 Å². The second-order valence-electron chi connectivity index (χ2n) is 6.85. The molecule has 1 unspecified atom stereocenters. The van der Waals surface area contributed by atoms with Crippen molar-refractivity contribution >= 4 is 23.6 Å². The summed E-state index contributed by atoms with van der Waals surface area (Å²) < 4.78 is 38.6. The van der Waals surface area contributed by atoms with Gasteiger partial charge in [-0.05, 0) is 36.2 Å². The Morgan fingerprint density at radius 2 is 1.84 bits per heavy atom. The van der Waals surface area contributed by atoms with Gasteiger partial charge in [0.05, 0.1) is 12.5 Å². The molecule has 12 heteroatoms. The zero-order valence-electron chi connectivity index (χ0n) is 16.8. The van der Waals surface area contributed by atoms with E-state index in [2.05, 4.69) is 30.6 Å². The van der Waals surface area contributed by atoms with Gasteiger partial charge < -0.3 is 20.8 Å². The lowest BCUT2D eigenvalue weighted by atomic mass is 10.0. The number of carboxylic acids is 1. The fourth-order valence-corrected chi connectivity index (χ4v) is 2.76. The summed E-state index contributed by atoms with van der Waals surface area (Å²) in [6, 6.07) is 5.96. The standard InChI is InChI=1S/C20H19F3N6O3/c1-11-2-3-13(28-19-24-5-4-16(29-19)20(21,22)23)6-15(11)12-8-25-18(26-9-12)27-10-14(30)7-17(31)32/h2-6,8-9,14,30H,7,10H2,1H3,(H,31,32)(H,24,28,29)(H,25,26,27). The van der Waals surface area contributed by atoms with Crippen LogP contribution < -0.4 is 10.6 Å². The molecule has 0 radical (unpaired) electrons. The number of anilines is 3. The molecule has 1 aromatic carbocycles. The number of alkyl halides is 3. The van der Waals surface area contributed by atoms with Crippen molar-refractivity contribution in [3.05, 3.63) is 54.1 Å². The number of benzene rings is 1. The quantitative estimate of drug-likeness (QED) is 0.410. The van der Waals surface area contributed by atoms with E-state index >= 15 is 0 Å². The summed E-state index contributed by atoms with van der Waals surface area (Å²) in [7, 11) is 0. The fourth-order valence-electron chi connectivity index (χ4n) is 2.76. The van der Waals surface area contributed by atoms with Gasteiger partial charge in [-0.15, -0.1) is 0 Å². The highest BCUT2D eigenvalue weighted by atomic mass is 19.4. The third-order valence-corrected chi connectivity index (χ3v) is 4.31. The molecule has 32 heavy (non-hydrogen) atoms. The van der Waals surface area contributed by atoms with Crippen LogP contribution in [0.2, 0.25) is 0 Å². The van der Waals surface area contributed by atoms with Gasteiger partial charge >= 0.3 is 12.1 Å². The summed E-state index contributed by atoms with van der Waals surface area (Å²) in [5.41, 5.74) is 1.69. The molecule has 0 saturated heterocycles. The maximum Gasteiger partial charge on any atom is 0.433 e. The lowest BCUT2D eigenvalue weighted by Gasteiger charge is -2.12. The molecular formula is C20H19F3N6O3. The van der Waals surface area contributed by atoms with Crippen molar-refractivity contribution in [3.63, 3.8) is 0 Å². The van der Waals surface area contributed by atoms with Gasteiger partial charge in [0.1, 0.15) is 5.69 Å². The third-order valence-electron chi connectivity index (χ3n) is 4.31. The van der Waals surface area contributed by atoms with Crippen LogP contribution in [0.1, 0.15) is 17.7 Å². The zero-order valence-corrected chi connectivity index (χ0v) is 16.8. The molecule has 2 aromatic heterocycles. The van der Waals surface area contributed by atoms with Crippen molar-refractivity contribution < 1.29 is 28.2 Å². The van der Waals surface area contributed by atoms with Gasteiger partial charge in [-0.1, -0.05) is 6.07 Å². The predicted molar refractivity (Wildman–Crippen MR) is 109 cm³/mol. The molecule has 1 atom stereocenters. The van der Waals surface area contributed by atoms with E-state index in [9.17, 15) is 23.1 Å². The number of carboxylic acid groups (broad SMARTS) is 1. The number of aliphatic carboxylic acids is 1. The lowest BCUT2D eigenvalue weighted by Crippen LogP contribution is -2.23. The topological polar surface area (TPSA) is 133 Å². The number of nitrogens with zero attached hydrogens (tertiary/aromatic N) is 4. The molecule has 3 aromatic rings. The van der Waals surface area contributed by atoms with E-state index in [1.807, 2.05) is 6.92 Å². The van der Waals surface area contributed by atoms with Crippen molar-refractivity contribution in [1.82, 2.24) is 19.9 Å². The van der Waals surface area contributed by atoms with Gasteiger partial charge in [-0.25, -0.2) is 19.9 Å². The highest BCUT2D eigenvalue weighted by Gasteiger charge is 2.32. The van der Waals surface area contributed by atoms with Crippen LogP contribution in [-0.2, 0) is 11.0 Å². The summed E-state index contributed by atoms with van der Waals surface area (Å²) in [5, 5.41) is 23.7. The number of hydrogen-bond acceptors (Lipinski definition) is 8. The molecule has 0 aliphatic carbocycles. The van der Waals surface area contributed by atoms with Crippen LogP contribution in [0, 0.1) is 6.92 Å². The molecule has 0 bridgehead atoms. The van der Waals surface area contributed by atoms with Crippen LogP contribution in [0.5, 0.6) is 0 Å². The average molecular weight is 448 g/mol. The van der Waals surface area contributed by atoms with Gasteiger partial charge in [-0.2, -0.15) is 13.2 Å². The van der Waals surface area contributed by atoms with Crippen LogP contribution >= 0.6 is 0 Å². The molecule has 3 rings (SSSR count). The van der Waals surface area contributed by atoms with Crippen molar-refractivity contribution in [2.45, 2.75) is 25.6 Å². The summed E-state index contributed by atoms with van der Waals surface area (Å²) in [6.45, 7) is 1.83. The molecule has 2 heterocycles. The maximum absolute atomic E-state index is 12.9. The van der Waals surface area contributed by atoms with Crippen molar-refractivity contribution in [1.29, 1.82) is 0 Å². The minimum absolute atomic E-state index is 0.0267. The van der Waals surface area contributed by atoms with Crippen molar-refractivity contribution in [2.24, 2.45) is 0 Å². The Labute approximate surface area is 180 Å². The highest BCUT2D eigenvalue weighted by molar-refractivity contribution is 5.72. The Morgan fingerprint density at radius 3 is 2.50 bits per heavy atom. The van der Waals surface area contributed by atoms with E-state index in [0.717, 1.165) is 23.4 Å². The van der Waals surface area contributed by atoms with Crippen molar-refractivity contribution in [2.75, 3.05) is 17.2 Å². The molecule has 0 aliphatic heterocycles. The molecule has 4 N–H and O–H groups in total. The largest absolute Gasteiger partial charge is 0.481 e. The molecule has 0 saturated carbocycles. The third kappa shape index (κ3) is 6.11. The van der Waals surface area contributed by atoms with Crippen LogP contribution in [0.4, 0.5) is 30.8 Å². The van der Waals surface area contributed by atoms with E-state index in [0.29, 0.717) is 11.3 Å². The molecule has 0 amide bonds. The second-order valence-corrected chi connectivity index (χ2v) is 6.85. The Morgan fingerprint density at radius 1 is 1.12 bits per heavy atom. The first-order valence-corrected chi connectivity index (χ1v) is 9.36. The van der Waals surface area contributed by atoms with Gasteiger partial charge in [0.15, 0.2) is 0 Å². The van der Waals surface area contributed by atoms with Crippen LogP contribution in [0.25, 0.3) is 11.1 Å². The Kier molecular flexibility index (Phi) is 6.83. The van der Waals surface area contributed by atoms with Gasteiger partial charge in [0.2, 0.25) is 11.9 Å². The van der Waals surface area contributed by atoms with E-state index < -0.39 is 30.4 Å². The minimum atomic E-state index is -4.57. The number of carbonyl (C=O) groups is 1. The predicted octanol–water partition coefficient (Wildman–Crippen LogP) is 3.25. The first-order chi connectivity index (χ1) is 15.1. The normalized spacial score (nSPS) is 12.3. The monoisotopic (exact) mass is 448 g/mol. The fraction of sp³-hybridized carbons (Fsp3) is 0.250. The first-order valence-electron chi connectivity index (χ1n) is 9.36. The SMILES string of the molecule is Cc1ccc(Nc2nccc(C(F)(F)F)n2)cc1-c1cnc(NCC(O)CC(=O)O)nc1. The summed E-state index contributed by atoms with van der Waals surface area (Å²) in [4.78, 5) is 26.2. The van der Waals surface area contributed by atoms with Gasteiger partial charge in [0, 0.05) is 36.4 Å². The summed E-state index contributed by atoms with van der Waals surface area (Å²) in [5.74, 6) is -1.09. The number of aryl methyl sites for hydroxylation is 1. The Balaban J connectivity index is 1.74. The van der Waals surface area contributed by atoms with E-state index in [1.54, 1.807) is 18.2 Å². The number of halogens is 3. The average Bonchev–Trinajstić information content (AvgIpc) is 2.73. The highest BCUT2D eigenvalue weighted by Crippen LogP contribution is 2.29. The molecular weight excluding hydrogens is 429 g/mol. The Bertz CT molecular complexity index is 1090. The minimum Gasteiger partial charge on any atom is -0.481 e. The molecule has 168 valence electrons. The molecule has 9 nitrogen and oxygen atoms in total. The molecule has 0 spiro atoms. The second kappa shape index (κ2) is 9.56. The van der Waals surface area contributed by atoms with E-state index in [-0.39, 0.29) is 18.4 Å². The van der Waals surface area contributed by atoms with Crippen LogP contribution in [0.3, 0.4) is 0 Å². The summed E-state index contributed by atoms with van der Waals surface area (Å²) >= 11 is 0. The number of hydrogen-bond donors (Lipinski definition) is 4.